The Labute approximate surface area is 92.7 Å². The van der Waals surface area contributed by atoms with E-state index in [1.807, 2.05) is 0 Å². The smallest absolute Gasteiger partial charge is 0.110 e. The van der Waals surface area contributed by atoms with Crippen LogP contribution in [-0.4, -0.2) is 52.2 Å². The monoisotopic (exact) mass is 237 g/mol. The van der Waals surface area contributed by atoms with Crippen LogP contribution in [0.25, 0.3) is 10.4 Å². The van der Waals surface area contributed by atoms with Crippen molar-refractivity contribution in [2.45, 2.75) is 30.6 Å². The first-order valence-electron chi connectivity index (χ1n) is 4.34. The van der Waals surface area contributed by atoms with Crippen molar-refractivity contribution in [1.29, 1.82) is 0 Å². The molecular weight excluding hydrogens is 222 g/mol. The van der Waals surface area contributed by atoms with Gasteiger partial charge >= 0.3 is 0 Å². The van der Waals surface area contributed by atoms with Gasteiger partial charge in [-0.25, -0.2) is 0 Å². The topological polar surface area (TPSA) is 119 Å². The Bertz CT molecular complexity index is 224. The summed E-state index contributed by atoms with van der Waals surface area (Å²) in [7, 11) is 0. The Hall–Kier alpha value is -0.500. The zero-order valence-corrected chi connectivity index (χ0v) is 9.16. The Morgan fingerprint density at radius 3 is 2.47 bits per heavy atom. The average molecular weight is 237 g/mol. The van der Waals surface area contributed by atoms with Crippen LogP contribution in [0.3, 0.4) is 0 Å². The molecule has 0 aliphatic heterocycles. The van der Waals surface area contributed by atoms with Gasteiger partial charge in [0, 0.05) is 4.91 Å². The van der Waals surface area contributed by atoms with Gasteiger partial charge in [0.25, 0.3) is 0 Å². The van der Waals surface area contributed by atoms with Crippen molar-refractivity contribution < 1.29 is 20.1 Å². The molecule has 0 aromatic carbocycles. The maximum absolute atomic E-state index is 9.21. The van der Waals surface area contributed by atoms with E-state index in [0.717, 1.165) is 0 Å². The number of ether oxygens (including phenoxy) is 1. The number of hydrogen-bond donors (Lipinski definition) is 4. The van der Waals surface area contributed by atoms with Crippen molar-refractivity contribution in [2.75, 3.05) is 13.2 Å². The Balaban J connectivity index is 4.22. The van der Waals surface area contributed by atoms with Gasteiger partial charge in [0.1, 0.15) is 17.6 Å². The predicted octanol–water partition coefficient (Wildman–Crippen LogP) is -0.328. The van der Waals surface area contributed by atoms with Crippen LogP contribution in [0.2, 0.25) is 0 Å². The van der Waals surface area contributed by atoms with E-state index < -0.39 is 36.9 Å². The van der Waals surface area contributed by atoms with Crippen molar-refractivity contribution in [3.8, 4) is 0 Å². The van der Waals surface area contributed by atoms with Crippen LogP contribution in [0.5, 0.6) is 0 Å². The van der Waals surface area contributed by atoms with Gasteiger partial charge in [0.2, 0.25) is 0 Å². The molecule has 0 rings (SSSR count). The Morgan fingerprint density at radius 2 is 2.07 bits per heavy atom. The van der Waals surface area contributed by atoms with Crippen LogP contribution >= 0.6 is 12.6 Å². The molecule has 0 aromatic rings. The first-order chi connectivity index (χ1) is 7.06. The molecule has 0 heterocycles. The van der Waals surface area contributed by atoms with Crippen LogP contribution in [0.1, 0.15) is 6.92 Å². The molecule has 0 radical (unpaired) electrons. The van der Waals surface area contributed by atoms with Gasteiger partial charge in [-0.15, -0.1) is 12.6 Å². The summed E-state index contributed by atoms with van der Waals surface area (Å²) < 4.78 is 5.11. The summed E-state index contributed by atoms with van der Waals surface area (Å²) in [5.74, 6) is 0. The second-order valence-corrected chi connectivity index (χ2v) is 3.45. The standard InChI is InChI=1S/C7H15N3O4S/c1-4(9-10-8)7(15)14-6(3-12)5(13)2-11/h4-7,11-13,15H,2-3H2,1H3/t4-,5+,6?,7-/m0/s1. The number of hydrogen-bond acceptors (Lipinski definition) is 6. The maximum atomic E-state index is 9.21. The van der Waals surface area contributed by atoms with Gasteiger partial charge in [0.05, 0.1) is 19.3 Å². The molecule has 8 heteroatoms. The van der Waals surface area contributed by atoms with Gasteiger partial charge in [-0.1, -0.05) is 12.0 Å². The highest BCUT2D eigenvalue weighted by Crippen LogP contribution is 2.12. The van der Waals surface area contributed by atoms with Crippen molar-refractivity contribution >= 4 is 12.6 Å². The van der Waals surface area contributed by atoms with Crippen LogP contribution in [0, 0.1) is 0 Å². The summed E-state index contributed by atoms with van der Waals surface area (Å²) in [6.07, 6.45) is -2.14. The average Bonchev–Trinajstić information content (AvgIpc) is 2.24. The normalized spacial score (nSPS) is 18.7. The quantitative estimate of drug-likeness (QED) is 0.159. The first-order valence-corrected chi connectivity index (χ1v) is 4.86. The molecule has 3 N–H and O–H groups in total. The molecule has 0 aliphatic rings. The minimum Gasteiger partial charge on any atom is -0.394 e. The van der Waals surface area contributed by atoms with E-state index in [4.69, 9.17) is 20.5 Å². The molecule has 88 valence electrons. The summed E-state index contributed by atoms with van der Waals surface area (Å²) in [5.41, 5.74) is 7.41. The maximum Gasteiger partial charge on any atom is 0.110 e. The second kappa shape index (κ2) is 7.75. The van der Waals surface area contributed by atoms with E-state index in [1.165, 1.54) is 0 Å². The minimum absolute atomic E-state index is 0.457. The Morgan fingerprint density at radius 1 is 1.47 bits per heavy atom. The minimum atomic E-state index is -1.19. The van der Waals surface area contributed by atoms with Gasteiger partial charge < -0.3 is 20.1 Å². The zero-order valence-electron chi connectivity index (χ0n) is 8.26. The third-order valence-electron chi connectivity index (χ3n) is 1.76. The highest BCUT2D eigenvalue weighted by atomic mass is 32.1. The number of thiol groups is 1. The van der Waals surface area contributed by atoms with Crippen molar-refractivity contribution in [3.63, 3.8) is 0 Å². The van der Waals surface area contributed by atoms with E-state index in [0.29, 0.717) is 0 Å². The second-order valence-electron chi connectivity index (χ2n) is 2.94. The molecule has 4 atom stereocenters. The number of nitrogens with zero attached hydrogens (tertiary/aromatic N) is 3. The summed E-state index contributed by atoms with van der Waals surface area (Å²) in [6.45, 7) is 0.598. The lowest BCUT2D eigenvalue weighted by Crippen LogP contribution is -2.39. The van der Waals surface area contributed by atoms with Crippen LogP contribution in [-0.2, 0) is 4.74 Å². The molecule has 7 nitrogen and oxygen atoms in total. The van der Waals surface area contributed by atoms with E-state index in [-0.39, 0.29) is 0 Å². The highest BCUT2D eigenvalue weighted by Gasteiger charge is 2.23. The van der Waals surface area contributed by atoms with Gasteiger partial charge in [-0.2, -0.15) is 0 Å². The lowest BCUT2D eigenvalue weighted by atomic mass is 10.2. The third-order valence-corrected chi connectivity index (χ3v) is 2.31. The van der Waals surface area contributed by atoms with Crippen molar-refractivity contribution in [2.24, 2.45) is 5.11 Å². The van der Waals surface area contributed by atoms with Crippen LogP contribution < -0.4 is 0 Å². The number of aliphatic hydroxyl groups is 3. The fraction of sp³-hybridized carbons (Fsp3) is 1.00. The van der Waals surface area contributed by atoms with E-state index in [9.17, 15) is 5.11 Å². The first kappa shape index (κ1) is 14.5. The molecule has 15 heavy (non-hydrogen) atoms. The largest absolute Gasteiger partial charge is 0.394 e. The van der Waals surface area contributed by atoms with E-state index in [1.54, 1.807) is 6.92 Å². The summed E-state index contributed by atoms with van der Waals surface area (Å²) in [4.78, 5) is 2.58. The molecule has 0 saturated carbocycles. The molecule has 0 amide bonds. The molecular formula is C7H15N3O4S. The molecule has 0 saturated heterocycles. The zero-order chi connectivity index (χ0) is 11.8. The fourth-order valence-corrected chi connectivity index (χ4v) is 1.02. The lowest BCUT2D eigenvalue weighted by molar-refractivity contribution is -0.0903. The fourth-order valence-electron chi connectivity index (χ4n) is 0.804. The van der Waals surface area contributed by atoms with Crippen molar-refractivity contribution in [1.82, 2.24) is 0 Å². The van der Waals surface area contributed by atoms with E-state index in [2.05, 4.69) is 22.7 Å². The molecule has 0 spiro atoms. The lowest BCUT2D eigenvalue weighted by Gasteiger charge is -2.25. The van der Waals surface area contributed by atoms with Gasteiger partial charge in [-0.05, 0) is 5.53 Å². The molecule has 0 aromatic heterocycles. The molecule has 0 fully saturated rings. The summed E-state index contributed by atoms with van der Waals surface area (Å²) >= 11 is 3.99. The SMILES string of the molecule is C[C@H](N=[N+]=[N-])[C@H](S)OC(CO)[C@H](O)CO. The summed E-state index contributed by atoms with van der Waals surface area (Å²) in [6, 6.07) is -0.543. The van der Waals surface area contributed by atoms with Crippen molar-refractivity contribution in [3.05, 3.63) is 10.4 Å². The summed E-state index contributed by atoms with van der Waals surface area (Å²) in [5, 5.41) is 30.1. The molecule has 0 aliphatic carbocycles. The predicted molar refractivity (Wildman–Crippen MR) is 56.4 cm³/mol. The van der Waals surface area contributed by atoms with E-state index >= 15 is 0 Å². The van der Waals surface area contributed by atoms with Gasteiger partial charge in [0.15, 0.2) is 0 Å². The number of rotatable bonds is 7. The Kier molecular flexibility index (Phi) is 7.49. The molecule has 1 unspecified atom stereocenters. The van der Waals surface area contributed by atoms with Crippen LogP contribution in [0.4, 0.5) is 0 Å². The number of aliphatic hydroxyl groups excluding tert-OH is 3. The molecule has 0 bridgehead atoms. The third kappa shape index (κ3) is 5.22. The van der Waals surface area contributed by atoms with Gasteiger partial charge in [-0.3, -0.25) is 0 Å². The van der Waals surface area contributed by atoms with Crippen LogP contribution in [0.15, 0.2) is 5.11 Å². The number of azide groups is 1. The highest BCUT2D eigenvalue weighted by molar-refractivity contribution is 7.80.